The molecule has 0 amide bonds. The van der Waals surface area contributed by atoms with Crippen LogP contribution in [0, 0.1) is 21.4 Å². The van der Waals surface area contributed by atoms with Crippen LogP contribution in [0.3, 0.4) is 0 Å². The summed E-state index contributed by atoms with van der Waals surface area (Å²) in [4.78, 5) is 23.0. The van der Waals surface area contributed by atoms with Crippen LogP contribution in [0.4, 0.5) is 5.69 Å². The number of nitro groups is 1. The molecule has 5 nitrogen and oxygen atoms in total. The van der Waals surface area contributed by atoms with E-state index in [-0.39, 0.29) is 16.8 Å². The number of rotatable bonds is 6. The van der Waals surface area contributed by atoms with Gasteiger partial charge in [0, 0.05) is 11.6 Å². The van der Waals surface area contributed by atoms with Gasteiger partial charge in [-0.25, -0.2) is 0 Å². The van der Waals surface area contributed by atoms with E-state index in [2.05, 4.69) is 6.92 Å². The monoisotopic (exact) mass is 320 g/mol. The Morgan fingerprint density at radius 2 is 1.88 bits per heavy atom. The van der Waals surface area contributed by atoms with Crippen molar-refractivity contribution in [3.05, 3.63) is 80.9 Å². The molecular formula is C19H16N2O3. The van der Waals surface area contributed by atoms with E-state index in [1.807, 2.05) is 18.2 Å². The average Bonchev–Trinajstić information content (AvgIpc) is 2.60. The number of allylic oxidation sites excluding steroid dienone is 1. The number of para-hydroxylation sites is 1. The Kier molecular flexibility index (Phi) is 5.58. The third-order valence-corrected chi connectivity index (χ3v) is 3.55. The van der Waals surface area contributed by atoms with Crippen LogP contribution in [0.25, 0.3) is 6.08 Å². The van der Waals surface area contributed by atoms with Gasteiger partial charge in [-0.3, -0.25) is 14.9 Å². The first-order valence-corrected chi connectivity index (χ1v) is 7.55. The highest BCUT2D eigenvalue weighted by molar-refractivity contribution is 6.14. The molecule has 2 aromatic rings. The van der Waals surface area contributed by atoms with Crippen LogP contribution >= 0.6 is 0 Å². The van der Waals surface area contributed by atoms with Crippen molar-refractivity contribution in [1.82, 2.24) is 0 Å². The number of benzene rings is 2. The number of carbonyl (C=O) groups excluding carboxylic acids is 1. The van der Waals surface area contributed by atoms with Crippen LogP contribution in [-0.2, 0) is 6.42 Å². The Labute approximate surface area is 140 Å². The summed E-state index contributed by atoms with van der Waals surface area (Å²) in [6, 6.07) is 14.9. The van der Waals surface area contributed by atoms with Gasteiger partial charge < -0.3 is 0 Å². The Balaban J connectivity index is 2.36. The van der Waals surface area contributed by atoms with Crippen molar-refractivity contribution in [3.8, 4) is 6.07 Å². The first kappa shape index (κ1) is 17.1. The summed E-state index contributed by atoms with van der Waals surface area (Å²) in [6.07, 6.45) is 3.19. The minimum Gasteiger partial charge on any atom is -0.288 e. The maximum atomic E-state index is 12.5. The minimum absolute atomic E-state index is 0.132. The number of nitriles is 1. The lowest BCUT2D eigenvalue weighted by Crippen LogP contribution is -2.02. The van der Waals surface area contributed by atoms with Crippen LogP contribution in [0.2, 0.25) is 0 Å². The molecule has 0 aliphatic carbocycles. The highest BCUT2D eigenvalue weighted by atomic mass is 16.6. The Morgan fingerprint density at radius 3 is 2.46 bits per heavy atom. The van der Waals surface area contributed by atoms with Crippen molar-refractivity contribution >= 4 is 17.5 Å². The van der Waals surface area contributed by atoms with Gasteiger partial charge in [-0.15, -0.1) is 0 Å². The van der Waals surface area contributed by atoms with Crippen molar-refractivity contribution in [2.45, 2.75) is 19.8 Å². The van der Waals surface area contributed by atoms with Crippen molar-refractivity contribution in [2.24, 2.45) is 0 Å². The van der Waals surface area contributed by atoms with Crippen LogP contribution in [0.15, 0.2) is 54.1 Å². The minimum atomic E-state index is -0.537. The molecule has 5 heteroatoms. The van der Waals surface area contributed by atoms with E-state index in [1.54, 1.807) is 18.2 Å². The van der Waals surface area contributed by atoms with Gasteiger partial charge >= 0.3 is 0 Å². The molecule has 0 saturated carbocycles. The summed E-state index contributed by atoms with van der Waals surface area (Å²) in [5, 5.41) is 20.3. The summed E-state index contributed by atoms with van der Waals surface area (Å²) < 4.78 is 0. The average molecular weight is 320 g/mol. The van der Waals surface area contributed by atoms with Gasteiger partial charge in [0.25, 0.3) is 5.69 Å². The molecule has 0 N–H and O–H groups in total. The standard InChI is InChI=1S/C19H16N2O3/c1-2-5-14-8-10-15(11-9-14)19(22)17(13-20)12-16-6-3-4-7-18(16)21(23)24/h3-4,6-12H,2,5H2,1H3/b17-12+. The molecule has 0 aromatic heterocycles. The fourth-order valence-electron chi connectivity index (χ4n) is 2.35. The Hall–Kier alpha value is -3.26. The first-order valence-electron chi connectivity index (χ1n) is 7.55. The van der Waals surface area contributed by atoms with E-state index in [1.165, 1.54) is 24.3 Å². The summed E-state index contributed by atoms with van der Waals surface area (Å²) in [7, 11) is 0. The van der Waals surface area contributed by atoms with E-state index in [4.69, 9.17) is 0 Å². The second kappa shape index (κ2) is 7.84. The van der Waals surface area contributed by atoms with Gasteiger partial charge in [-0.2, -0.15) is 5.26 Å². The molecule has 2 rings (SSSR count). The molecule has 0 radical (unpaired) electrons. The molecule has 0 unspecified atom stereocenters. The van der Waals surface area contributed by atoms with Crippen LogP contribution in [-0.4, -0.2) is 10.7 Å². The van der Waals surface area contributed by atoms with Gasteiger partial charge in [0.05, 0.1) is 10.5 Å². The van der Waals surface area contributed by atoms with Gasteiger partial charge in [0.2, 0.25) is 5.78 Å². The topological polar surface area (TPSA) is 84.0 Å². The van der Waals surface area contributed by atoms with Crippen molar-refractivity contribution in [3.63, 3.8) is 0 Å². The SMILES string of the molecule is CCCc1ccc(C(=O)/C(C#N)=C/c2ccccc2[N+](=O)[O-])cc1. The largest absolute Gasteiger partial charge is 0.288 e. The smallest absolute Gasteiger partial charge is 0.276 e. The summed E-state index contributed by atoms with van der Waals surface area (Å²) in [5.41, 5.74) is 1.47. The molecule has 0 saturated heterocycles. The zero-order valence-electron chi connectivity index (χ0n) is 13.2. The zero-order chi connectivity index (χ0) is 17.5. The maximum absolute atomic E-state index is 12.5. The van der Waals surface area contributed by atoms with Crippen molar-refractivity contribution in [2.75, 3.05) is 0 Å². The number of nitrogens with zero attached hydrogens (tertiary/aromatic N) is 2. The second-order valence-corrected chi connectivity index (χ2v) is 5.26. The predicted octanol–water partition coefficient (Wildman–Crippen LogP) is 4.34. The highest BCUT2D eigenvalue weighted by Crippen LogP contribution is 2.22. The summed E-state index contributed by atoms with van der Waals surface area (Å²) in [5.74, 6) is -0.446. The molecule has 0 bridgehead atoms. The molecule has 0 fully saturated rings. The zero-order valence-corrected chi connectivity index (χ0v) is 13.2. The predicted molar refractivity (Wildman–Crippen MR) is 91.5 cm³/mol. The van der Waals surface area contributed by atoms with Gasteiger partial charge in [0.1, 0.15) is 11.6 Å². The van der Waals surface area contributed by atoms with E-state index in [0.717, 1.165) is 18.4 Å². The fraction of sp³-hybridized carbons (Fsp3) is 0.158. The number of aryl methyl sites for hydroxylation is 1. The number of ketones is 1. The lowest BCUT2D eigenvalue weighted by molar-refractivity contribution is -0.385. The van der Waals surface area contributed by atoms with E-state index in [9.17, 15) is 20.2 Å². The number of hydrogen-bond acceptors (Lipinski definition) is 4. The molecule has 2 aromatic carbocycles. The van der Waals surface area contributed by atoms with Crippen molar-refractivity contribution < 1.29 is 9.72 Å². The molecule has 120 valence electrons. The quantitative estimate of drug-likeness (QED) is 0.260. The van der Waals surface area contributed by atoms with Crippen LogP contribution in [0.1, 0.15) is 34.8 Å². The molecular weight excluding hydrogens is 304 g/mol. The van der Waals surface area contributed by atoms with E-state index in [0.29, 0.717) is 5.56 Å². The van der Waals surface area contributed by atoms with Gasteiger partial charge in [-0.05, 0) is 24.1 Å². The Morgan fingerprint density at radius 1 is 1.21 bits per heavy atom. The molecule has 0 spiro atoms. The third-order valence-electron chi connectivity index (χ3n) is 3.55. The molecule has 0 aliphatic heterocycles. The number of Topliss-reactive ketones (excluding diaryl/α,β-unsaturated/α-hetero) is 1. The fourth-order valence-corrected chi connectivity index (χ4v) is 2.35. The Bertz CT molecular complexity index is 830. The highest BCUT2D eigenvalue weighted by Gasteiger charge is 2.16. The van der Waals surface area contributed by atoms with E-state index < -0.39 is 10.7 Å². The van der Waals surface area contributed by atoms with Crippen molar-refractivity contribution in [1.29, 1.82) is 5.26 Å². The van der Waals surface area contributed by atoms with Gasteiger partial charge in [0.15, 0.2) is 0 Å². The second-order valence-electron chi connectivity index (χ2n) is 5.26. The normalized spacial score (nSPS) is 10.9. The number of carbonyl (C=O) groups is 1. The molecule has 0 atom stereocenters. The maximum Gasteiger partial charge on any atom is 0.276 e. The molecule has 0 aliphatic rings. The number of hydrogen-bond donors (Lipinski definition) is 0. The number of nitro benzene ring substituents is 1. The van der Waals surface area contributed by atoms with E-state index >= 15 is 0 Å². The van der Waals surface area contributed by atoms with Crippen LogP contribution in [0.5, 0.6) is 0 Å². The first-order chi connectivity index (χ1) is 11.6. The van der Waals surface area contributed by atoms with Gasteiger partial charge in [-0.1, -0.05) is 49.7 Å². The lowest BCUT2D eigenvalue weighted by atomic mass is 9.99. The third kappa shape index (κ3) is 3.93. The summed E-state index contributed by atoms with van der Waals surface area (Å²) >= 11 is 0. The molecule has 24 heavy (non-hydrogen) atoms. The van der Waals surface area contributed by atoms with Crippen LogP contribution < -0.4 is 0 Å². The summed E-state index contributed by atoms with van der Waals surface area (Å²) in [6.45, 7) is 2.07. The lowest BCUT2D eigenvalue weighted by Gasteiger charge is -2.03. The molecule has 0 heterocycles.